The molecule has 0 amide bonds. The molecule has 0 saturated heterocycles. The van der Waals surface area contributed by atoms with E-state index in [-0.39, 0.29) is 11.8 Å². The first-order valence-corrected chi connectivity index (χ1v) is 7.84. The molecule has 112 valence electrons. The van der Waals surface area contributed by atoms with Crippen molar-refractivity contribution in [3.63, 3.8) is 0 Å². The maximum atomic E-state index is 14.2. The standard InChI is InChI=1S/C16H16BrClFNO/c1-3-20-10(2)12-5-4-6-14(19)16(12)21-15-9-11(17)7-8-13(15)18/h4-10,20H,3H2,1-2H3. The monoisotopic (exact) mass is 371 g/mol. The highest BCUT2D eigenvalue weighted by Gasteiger charge is 2.17. The number of benzene rings is 2. The zero-order chi connectivity index (χ0) is 15.4. The van der Waals surface area contributed by atoms with E-state index in [0.717, 1.165) is 16.6 Å². The van der Waals surface area contributed by atoms with Crippen LogP contribution >= 0.6 is 27.5 Å². The molecular weight excluding hydrogens is 357 g/mol. The van der Waals surface area contributed by atoms with Crippen LogP contribution in [-0.4, -0.2) is 6.54 Å². The summed E-state index contributed by atoms with van der Waals surface area (Å²) >= 11 is 9.46. The van der Waals surface area contributed by atoms with Crippen LogP contribution < -0.4 is 10.1 Å². The van der Waals surface area contributed by atoms with Crippen LogP contribution in [0, 0.1) is 5.82 Å². The molecule has 0 spiro atoms. The third-order valence-corrected chi connectivity index (χ3v) is 3.89. The van der Waals surface area contributed by atoms with Crippen LogP contribution in [0.25, 0.3) is 0 Å². The Morgan fingerprint density at radius 2 is 2.10 bits per heavy atom. The molecule has 0 aliphatic heterocycles. The Morgan fingerprint density at radius 1 is 1.33 bits per heavy atom. The second-order valence-electron chi connectivity index (χ2n) is 4.61. The number of hydrogen-bond donors (Lipinski definition) is 1. The van der Waals surface area contributed by atoms with Gasteiger partial charge in [0.15, 0.2) is 11.6 Å². The van der Waals surface area contributed by atoms with Gasteiger partial charge >= 0.3 is 0 Å². The number of hydrogen-bond acceptors (Lipinski definition) is 2. The van der Waals surface area contributed by atoms with E-state index >= 15 is 0 Å². The van der Waals surface area contributed by atoms with E-state index in [1.807, 2.05) is 19.9 Å². The van der Waals surface area contributed by atoms with Gasteiger partial charge in [0, 0.05) is 16.1 Å². The van der Waals surface area contributed by atoms with Gasteiger partial charge in [0.2, 0.25) is 0 Å². The average Bonchev–Trinajstić information content (AvgIpc) is 2.45. The molecule has 0 aliphatic rings. The topological polar surface area (TPSA) is 21.3 Å². The molecule has 2 aromatic carbocycles. The first kappa shape index (κ1) is 16.3. The summed E-state index contributed by atoms with van der Waals surface area (Å²) in [6.07, 6.45) is 0. The van der Waals surface area contributed by atoms with Crippen LogP contribution in [0.3, 0.4) is 0 Å². The Kier molecular flexibility index (Phi) is 5.62. The smallest absolute Gasteiger partial charge is 0.167 e. The molecule has 2 rings (SSSR count). The highest BCUT2D eigenvalue weighted by Crippen LogP contribution is 2.36. The fourth-order valence-corrected chi connectivity index (χ4v) is 2.55. The molecule has 0 fully saturated rings. The summed E-state index contributed by atoms with van der Waals surface area (Å²) in [6.45, 7) is 4.75. The molecule has 5 heteroatoms. The number of para-hydroxylation sites is 1. The van der Waals surface area contributed by atoms with Crippen molar-refractivity contribution in [3.05, 3.63) is 57.3 Å². The first-order chi connectivity index (χ1) is 10.0. The van der Waals surface area contributed by atoms with Crippen molar-refractivity contribution in [2.45, 2.75) is 19.9 Å². The molecule has 0 aliphatic carbocycles. The van der Waals surface area contributed by atoms with Gasteiger partial charge < -0.3 is 10.1 Å². The molecule has 0 bridgehead atoms. The van der Waals surface area contributed by atoms with Gasteiger partial charge in [0.05, 0.1) is 5.02 Å². The second kappa shape index (κ2) is 7.25. The molecule has 1 unspecified atom stereocenters. The Bertz CT molecular complexity index is 636. The van der Waals surface area contributed by atoms with Gasteiger partial charge in [-0.3, -0.25) is 0 Å². The minimum absolute atomic E-state index is 0.0216. The SMILES string of the molecule is CCNC(C)c1cccc(F)c1Oc1cc(Br)ccc1Cl. The zero-order valence-electron chi connectivity index (χ0n) is 11.8. The van der Waals surface area contributed by atoms with Crippen LogP contribution in [0.5, 0.6) is 11.5 Å². The first-order valence-electron chi connectivity index (χ1n) is 6.67. The Labute approximate surface area is 137 Å². The van der Waals surface area contributed by atoms with Crippen LogP contribution in [0.4, 0.5) is 4.39 Å². The summed E-state index contributed by atoms with van der Waals surface area (Å²) in [4.78, 5) is 0. The van der Waals surface area contributed by atoms with Gasteiger partial charge in [-0.2, -0.15) is 0 Å². The van der Waals surface area contributed by atoms with E-state index in [0.29, 0.717) is 10.8 Å². The average molecular weight is 373 g/mol. The van der Waals surface area contributed by atoms with Gasteiger partial charge in [-0.1, -0.05) is 46.6 Å². The molecule has 2 aromatic rings. The summed E-state index contributed by atoms with van der Waals surface area (Å²) in [7, 11) is 0. The summed E-state index contributed by atoms with van der Waals surface area (Å²) in [5.41, 5.74) is 0.757. The number of rotatable bonds is 5. The van der Waals surface area contributed by atoms with E-state index in [4.69, 9.17) is 16.3 Å². The van der Waals surface area contributed by atoms with Gasteiger partial charge in [-0.15, -0.1) is 0 Å². The lowest BCUT2D eigenvalue weighted by atomic mass is 10.1. The van der Waals surface area contributed by atoms with Crippen molar-refractivity contribution >= 4 is 27.5 Å². The van der Waals surface area contributed by atoms with Crippen molar-refractivity contribution in [1.29, 1.82) is 0 Å². The van der Waals surface area contributed by atoms with Crippen molar-refractivity contribution in [1.82, 2.24) is 5.32 Å². The van der Waals surface area contributed by atoms with Crippen LogP contribution in [-0.2, 0) is 0 Å². The van der Waals surface area contributed by atoms with Gasteiger partial charge in [0.25, 0.3) is 0 Å². The third kappa shape index (κ3) is 3.96. The quantitative estimate of drug-likeness (QED) is 0.726. The van der Waals surface area contributed by atoms with Gasteiger partial charge in [0.1, 0.15) is 5.75 Å². The molecule has 0 aromatic heterocycles. The molecule has 0 saturated carbocycles. The summed E-state index contributed by atoms with van der Waals surface area (Å²) in [5, 5.41) is 3.69. The van der Waals surface area contributed by atoms with Gasteiger partial charge in [-0.05, 0) is 37.7 Å². The predicted octanol–water partition coefficient (Wildman–Crippen LogP) is 5.70. The zero-order valence-corrected chi connectivity index (χ0v) is 14.1. The highest BCUT2D eigenvalue weighted by molar-refractivity contribution is 9.10. The molecule has 1 atom stereocenters. The minimum atomic E-state index is -0.409. The summed E-state index contributed by atoms with van der Waals surface area (Å²) in [6, 6.07) is 10.1. The molecule has 1 N–H and O–H groups in total. The molecule has 0 heterocycles. The van der Waals surface area contributed by atoms with E-state index in [1.165, 1.54) is 6.07 Å². The third-order valence-electron chi connectivity index (χ3n) is 3.08. The molecule has 21 heavy (non-hydrogen) atoms. The maximum absolute atomic E-state index is 14.2. The number of nitrogens with one attached hydrogen (secondary N) is 1. The van der Waals surface area contributed by atoms with Crippen molar-refractivity contribution in [2.24, 2.45) is 0 Å². The Hall–Kier alpha value is -1.10. The Balaban J connectivity index is 2.41. The fourth-order valence-electron chi connectivity index (χ4n) is 2.06. The predicted molar refractivity (Wildman–Crippen MR) is 87.7 cm³/mol. The summed E-state index contributed by atoms with van der Waals surface area (Å²) < 4.78 is 20.7. The van der Waals surface area contributed by atoms with Crippen molar-refractivity contribution in [3.8, 4) is 11.5 Å². The second-order valence-corrected chi connectivity index (χ2v) is 5.94. The highest BCUT2D eigenvalue weighted by atomic mass is 79.9. The molecule has 2 nitrogen and oxygen atoms in total. The van der Waals surface area contributed by atoms with Crippen LogP contribution in [0.1, 0.15) is 25.5 Å². The van der Waals surface area contributed by atoms with E-state index < -0.39 is 5.82 Å². The van der Waals surface area contributed by atoms with Crippen LogP contribution in [0.15, 0.2) is 40.9 Å². The fraction of sp³-hybridized carbons (Fsp3) is 0.250. The van der Waals surface area contributed by atoms with E-state index in [2.05, 4.69) is 21.2 Å². The van der Waals surface area contributed by atoms with E-state index in [1.54, 1.807) is 24.3 Å². The lowest BCUT2D eigenvalue weighted by Crippen LogP contribution is -2.18. The van der Waals surface area contributed by atoms with Gasteiger partial charge in [-0.25, -0.2) is 4.39 Å². The lowest BCUT2D eigenvalue weighted by molar-refractivity contribution is 0.426. The molecule has 0 radical (unpaired) electrons. The van der Waals surface area contributed by atoms with Crippen molar-refractivity contribution < 1.29 is 9.13 Å². The minimum Gasteiger partial charge on any atom is -0.452 e. The maximum Gasteiger partial charge on any atom is 0.167 e. The normalized spacial score (nSPS) is 12.2. The number of ether oxygens (including phenoxy) is 1. The largest absolute Gasteiger partial charge is 0.452 e. The number of halogens is 3. The summed E-state index contributed by atoms with van der Waals surface area (Å²) in [5.74, 6) is 0.209. The lowest BCUT2D eigenvalue weighted by Gasteiger charge is -2.18. The molecular formula is C16H16BrClFNO. The Morgan fingerprint density at radius 3 is 2.81 bits per heavy atom. The van der Waals surface area contributed by atoms with Crippen molar-refractivity contribution in [2.75, 3.05) is 6.54 Å². The van der Waals surface area contributed by atoms with Crippen LogP contribution in [0.2, 0.25) is 5.02 Å². The van der Waals surface area contributed by atoms with E-state index in [9.17, 15) is 4.39 Å².